The Labute approximate surface area is 203 Å². The van der Waals surface area contributed by atoms with Gasteiger partial charge < -0.3 is 5.32 Å². The second-order valence-corrected chi connectivity index (χ2v) is 10.4. The van der Waals surface area contributed by atoms with Gasteiger partial charge in [0.1, 0.15) is 11.1 Å². The van der Waals surface area contributed by atoms with Gasteiger partial charge in [-0.1, -0.05) is 25.1 Å². The van der Waals surface area contributed by atoms with Crippen LogP contribution in [-0.2, 0) is 21.2 Å². The molecule has 0 aliphatic rings. The van der Waals surface area contributed by atoms with Crippen LogP contribution in [0.4, 0.5) is 11.6 Å². The molecule has 11 heteroatoms. The molecule has 0 fully saturated rings. The highest BCUT2D eigenvalue weighted by atomic mass is 32.2. The molecule has 0 aliphatic heterocycles. The largest absolute Gasteiger partial charge is 0.325 e. The fraction of sp³-hybridized carbons (Fsp3) is 0.261. The molecular formula is C23H24N6O3S2. The number of aryl methyl sites for hydroxylation is 2. The summed E-state index contributed by atoms with van der Waals surface area (Å²) < 4.78 is 27.5. The number of aromatic nitrogens is 3. The first-order valence-corrected chi connectivity index (χ1v) is 12.9. The first-order valence-electron chi connectivity index (χ1n) is 10.5. The summed E-state index contributed by atoms with van der Waals surface area (Å²) >= 11 is 1.21. The van der Waals surface area contributed by atoms with Gasteiger partial charge in [-0.15, -0.1) is 0 Å². The molecule has 2 heterocycles. The molecule has 3 aromatic rings. The second-order valence-electron chi connectivity index (χ2n) is 7.42. The van der Waals surface area contributed by atoms with Crippen molar-refractivity contribution in [2.24, 2.45) is 0 Å². The first-order chi connectivity index (χ1) is 16.2. The number of nitriles is 1. The molecule has 1 unspecified atom stereocenters. The van der Waals surface area contributed by atoms with Gasteiger partial charge in [0.05, 0.1) is 15.7 Å². The van der Waals surface area contributed by atoms with Crippen LogP contribution in [0.15, 0.2) is 58.6 Å². The standard InChI is InChI=1S/C23H24N6O3S2/c1-4-5-18-7-6-17(14-24)22(28-18)33-16(3)21(30)27-19-8-10-20(11-9-19)34(31,32)29-23-25-13-12-15(2)26-23/h6-13,16H,4-5H2,1-3H3,(H,27,30)(H,25,26,29). The molecule has 1 atom stereocenters. The van der Waals surface area contributed by atoms with Crippen molar-refractivity contribution >= 4 is 39.3 Å². The minimum Gasteiger partial charge on any atom is -0.325 e. The van der Waals surface area contributed by atoms with Crippen LogP contribution < -0.4 is 10.0 Å². The van der Waals surface area contributed by atoms with Gasteiger partial charge >= 0.3 is 0 Å². The number of benzene rings is 1. The third kappa shape index (κ3) is 6.52. The topological polar surface area (TPSA) is 138 Å². The number of amides is 1. The van der Waals surface area contributed by atoms with E-state index < -0.39 is 15.3 Å². The van der Waals surface area contributed by atoms with E-state index >= 15 is 0 Å². The summed E-state index contributed by atoms with van der Waals surface area (Å²) in [6.45, 7) is 5.50. The summed E-state index contributed by atoms with van der Waals surface area (Å²) in [7, 11) is -3.88. The number of hydrogen-bond acceptors (Lipinski definition) is 8. The van der Waals surface area contributed by atoms with E-state index in [0.29, 0.717) is 22.0 Å². The van der Waals surface area contributed by atoms with Gasteiger partial charge in [0.15, 0.2) is 0 Å². The molecule has 1 amide bonds. The lowest BCUT2D eigenvalue weighted by Crippen LogP contribution is -2.22. The maximum absolute atomic E-state index is 12.7. The molecule has 34 heavy (non-hydrogen) atoms. The Kier molecular flexibility index (Phi) is 8.20. The van der Waals surface area contributed by atoms with E-state index in [4.69, 9.17) is 0 Å². The van der Waals surface area contributed by atoms with Crippen molar-refractivity contribution in [2.75, 3.05) is 10.0 Å². The molecule has 2 aromatic heterocycles. The maximum Gasteiger partial charge on any atom is 0.264 e. The van der Waals surface area contributed by atoms with Gasteiger partial charge in [-0.05, 0) is 62.7 Å². The lowest BCUT2D eigenvalue weighted by atomic mass is 10.2. The van der Waals surface area contributed by atoms with Gasteiger partial charge in [-0.2, -0.15) is 5.26 Å². The third-order valence-electron chi connectivity index (χ3n) is 4.65. The van der Waals surface area contributed by atoms with Gasteiger partial charge in [0.25, 0.3) is 10.0 Å². The number of sulfonamides is 1. The van der Waals surface area contributed by atoms with Crippen LogP contribution in [0.2, 0.25) is 0 Å². The number of anilines is 2. The fourth-order valence-corrected chi connectivity index (χ4v) is 4.77. The zero-order valence-corrected chi connectivity index (χ0v) is 20.6. The quantitative estimate of drug-likeness (QED) is 0.425. The minimum atomic E-state index is -3.88. The lowest BCUT2D eigenvalue weighted by molar-refractivity contribution is -0.115. The highest BCUT2D eigenvalue weighted by Crippen LogP contribution is 2.26. The average Bonchev–Trinajstić information content (AvgIpc) is 2.79. The van der Waals surface area contributed by atoms with Crippen molar-refractivity contribution in [1.29, 1.82) is 5.26 Å². The van der Waals surface area contributed by atoms with Gasteiger partial charge in [0, 0.05) is 23.3 Å². The van der Waals surface area contributed by atoms with Crippen LogP contribution in [0.1, 0.15) is 37.2 Å². The van der Waals surface area contributed by atoms with Crippen LogP contribution in [0.3, 0.4) is 0 Å². The molecule has 0 spiro atoms. The number of carbonyl (C=O) groups excluding carboxylic acids is 1. The fourth-order valence-electron chi connectivity index (χ4n) is 2.91. The summed E-state index contributed by atoms with van der Waals surface area (Å²) in [5.41, 5.74) is 2.37. The van der Waals surface area contributed by atoms with Crippen LogP contribution in [-0.4, -0.2) is 34.5 Å². The summed E-state index contributed by atoms with van der Waals surface area (Å²) in [6.07, 6.45) is 3.19. The van der Waals surface area contributed by atoms with Crippen molar-refractivity contribution in [3.63, 3.8) is 0 Å². The zero-order valence-electron chi connectivity index (χ0n) is 18.9. The number of hydrogen-bond donors (Lipinski definition) is 2. The highest BCUT2D eigenvalue weighted by Gasteiger charge is 2.19. The number of rotatable bonds is 9. The summed E-state index contributed by atoms with van der Waals surface area (Å²) in [5, 5.41) is 12.1. The molecule has 1 aromatic carbocycles. The zero-order chi connectivity index (χ0) is 24.7. The van der Waals surface area contributed by atoms with Crippen LogP contribution in [0.25, 0.3) is 0 Å². The Hall–Kier alpha value is -3.49. The van der Waals surface area contributed by atoms with E-state index in [1.165, 1.54) is 42.2 Å². The normalized spacial score (nSPS) is 11.9. The summed E-state index contributed by atoms with van der Waals surface area (Å²) in [5.74, 6) is -0.310. The maximum atomic E-state index is 12.7. The van der Waals surface area contributed by atoms with Gasteiger partial charge in [-0.3, -0.25) is 4.79 Å². The van der Waals surface area contributed by atoms with Crippen molar-refractivity contribution in [3.8, 4) is 6.07 Å². The van der Waals surface area contributed by atoms with Crippen LogP contribution >= 0.6 is 11.8 Å². The molecule has 0 aliphatic carbocycles. The second kappa shape index (κ2) is 11.1. The Bertz CT molecular complexity index is 1320. The molecule has 3 rings (SSSR count). The predicted molar refractivity (Wildman–Crippen MR) is 131 cm³/mol. The molecule has 9 nitrogen and oxygen atoms in total. The third-order valence-corrected chi connectivity index (χ3v) is 7.10. The minimum absolute atomic E-state index is 0.00799. The van der Waals surface area contributed by atoms with E-state index in [1.54, 1.807) is 26.0 Å². The van der Waals surface area contributed by atoms with Gasteiger partial charge in [-0.25, -0.2) is 28.1 Å². The Morgan fingerprint density at radius 1 is 1.15 bits per heavy atom. The summed E-state index contributed by atoms with van der Waals surface area (Å²) in [4.78, 5) is 25.2. The number of nitrogens with zero attached hydrogens (tertiary/aromatic N) is 4. The lowest BCUT2D eigenvalue weighted by Gasteiger charge is -2.13. The van der Waals surface area contributed by atoms with E-state index in [2.05, 4.69) is 31.1 Å². The smallest absolute Gasteiger partial charge is 0.264 e. The van der Waals surface area contributed by atoms with Crippen LogP contribution in [0.5, 0.6) is 0 Å². The SMILES string of the molecule is CCCc1ccc(C#N)c(SC(C)C(=O)Nc2ccc(S(=O)(=O)Nc3nccc(C)n3)cc2)n1. The van der Waals surface area contributed by atoms with E-state index in [0.717, 1.165) is 18.5 Å². The predicted octanol–water partition coefficient (Wildman–Crippen LogP) is 3.92. The van der Waals surface area contributed by atoms with Gasteiger partial charge in [0.2, 0.25) is 11.9 Å². The Balaban J connectivity index is 1.66. The highest BCUT2D eigenvalue weighted by molar-refractivity contribution is 8.00. The number of thioether (sulfide) groups is 1. The Morgan fingerprint density at radius 3 is 2.53 bits per heavy atom. The monoisotopic (exact) mass is 496 g/mol. The number of pyridine rings is 1. The van der Waals surface area contributed by atoms with Crippen molar-refractivity contribution in [3.05, 3.63) is 65.6 Å². The van der Waals surface area contributed by atoms with Crippen LogP contribution in [0, 0.1) is 18.3 Å². The molecular weight excluding hydrogens is 472 g/mol. The first kappa shape index (κ1) is 25.1. The Morgan fingerprint density at radius 2 is 1.88 bits per heavy atom. The molecule has 0 saturated heterocycles. The molecule has 0 saturated carbocycles. The number of carbonyl (C=O) groups is 1. The molecule has 0 radical (unpaired) electrons. The summed E-state index contributed by atoms with van der Waals surface area (Å²) in [6, 6.07) is 13.1. The molecule has 176 valence electrons. The average molecular weight is 497 g/mol. The van der Waals surface area contributed by atoms with E-state index in [1.807, 2.05) is 13.0 Å². The van der Waals surface area contributed by atoms with E-state index in [-0.39, 0.29) is 16.8 Å². The van der Waals surface area contributed by atoms with Crippen molar-refractivity contribution in [2.45, 2.75) is 48.8 Å². The van der Waals surface area contributed by atoms with Crippen molar-refractivity contribution < 1.29 is 13.2 Å². The molecule has 0 bridgehead atoms. The van der Waals surface area contributed by atoms with Crippen molar-refractivity contribution in [1.82, 2.24) is 15.0 Å². The molecule has 2 N–H and O–H groups in total. The number of nitrogens with one attached hydrogen (secondary N) is 2. The van der Waals surface area contributed by atoms with E-state index in [9.17, 15) is 18.5 Å².